The molecule has 2 aromatic rings. The summed E-state index contributed by atoms with van der Waals surface area (Å²) in [6, 6.07) is 7.97. The van der Waals surface area contributed by atoms with Crippen molar-refractivity contribution in [1.29, 1.82) is 0 Å². The van der Waals surface area contributed by atoms with Gasteiger partial charge in [0.2, 0.25) is 0 Å². The molecule has 0 unspecified atom stereocenters. The molecule has 128 valence electrons. The smallest absolute Gasteiger partial charge is 0.274 e. The summed E-state index contributed by atoms with van der Waals surface area (Å²) in [5, 5.41) is 3.21. The highest BCUT2D eigenvalue weighted by molar-refractivity contribution is 5.92. The Kier molecular flexibility index (Phi) is 6.54. The number of benzene rings is 1. The van der Waals surface area contributed by atoms with E-state index in [1.807, 2.05) is 32.0 Å². The molecule has 1 heterocycles. The van der Waals surface area contributed by atoms with Crippen LogP contribution in [0.3, 0.4) is 0 Å². The molecular formula is C18H24N4O2. The predicted octanol–water partition coefficient (Wildman–Crippen LogP) is 2.62. The zero-order valence-electron chi connectivity index (χ0n) is 14.5. The van der Waals surface area contributed by atoms with E-state index in [2.05, 4.69) is 21.4 Å². The van der Waals surface area contributed by atoms with Crippen LogP contribution in [-0.2, 0) is 6.42 Å². The second-order valence-corrected chi connectivity index (χ2v) is 5.29. The molecule has 1 N–H and O–H groups in total. The van der Waals surface area contributed by atoms with Crippen molar-refractivity contribution in [3.63, 3.8) is 0 Å². The normalized spacial score (nSPS) is 10.3. The van der Waals surface area contributed by atoms with Gasteiger partial charge in [-0.25, -0.2) is 9.97 Å². The number of hydrogen-bond donors (Lipinski definition) is 1. The summed E-state index contributed by atoms with van der Waals surface area (Å²) in [6.07, 6.45) is 3.97. The first-order chi connectivity index (χ1) is 11.7. The number of anilines is 1. The first-order valence-electron chi connectivity index (χ1n) is 8.16. The van der Waals surface area contributed by atoms with Crippen LogP contribution in [0.25, 0.3) is 0 Å². The Morgan fingerprint density at radius 3 is 2.62 bits per heavy atom. The topological polar surface area (TPSA) is 67.4 Å². The second kappa shape index (κ2) is 8.86. The number of rotatable bonds is 8. The maximum atomic E-state index is 12.2. The Bertz CT molecular complexity index is 654. The minimum absolute atomic E-state index is 0.0876. The predicted molar refractivity (Wildman–Crippen MR) is 94.5 cm³/mol. The van der Waals surface area contributed by atoms with Crippen LogP contribution in [0.4, 0.5) is 5.82 Å². The van der Waals surface area contributed by atoms with Crippen LogP contribution in [0.2, 0.25) is 0 Å². The molecule has 6 heteroatoms. The van der Waals surface area contributed by atoms with Crippen molar-refractivity contribution in [3.05, 3.63) is 47.9 Å². The number of aromatic nitrogens is 2. The van der Waals surface area contributed by atoms with Crippen molar-refractivity contribution in [2.24, 2.45) is 0 Å². The summed E-state index contributed by atoms with van der Waals surface area (Å²) in [4.78, 5) is 22.4. The lowest BCUT2D eigenvalue weighted by Gasteiger charge is -2.17. The van der Waals surface area contributed by atoms with Crippen molar-refractivity contribution in [1.82, 2.24) is 14.9 Å². The van der Waals surface area contributed by atoms with E-state index in [0.29, 0.717) is 24.6 Å². The quantitative estimate of drug-likeness (QED) is 0.807. The van der Waals surface area contributed by atoms with Crippen molar-refractivity contribution in [3.8, 4) is 5.75 Å². The summed E-state index contributed by atoms with van der Waals surface area (Å²) in [5.74, 6) is 1.43. The highest BCUT2D eigenvalue weighted by Crippen LogP contribution is 2.13. The molecule has 0 spiro atoms. The van der Waals surface area contributed by atoms with E-state index in [1.165, 1.54) is 11.8 Å². The molecule has 0 aliphatic heterocycles. The standard InChI is InChI=1S/C18H24N4O2/c1-4-22(5-2)18(23)16-12-21-17(13-20-16)19-10-9-14-7-6-8-15(11-14)24-3/h6-8,11-13H,4-5,9-10H2,1-3H3,(H,19,21). The lowest BCUT2D eigenvalue weighted by Crippen LogP contribution is -2.31. The zero-order valence-corrected chi connectivity index (χ0v) is 14.5. The summed E-state index contributed by atoms with van der Waals surface area (Å²) < 4.78 is 5.21. The molecule has 0 aliphatic carbocycles. The maximum Gasteiger partial charge on any atom is 0.274 e. The van der Waals surface area contributed by atoms with Gasteiger partial charge in [0.25, 0.3) is 5.91 Å². The SMILES string of the molecule is CCN(CC)C(=O)c1cnc(NCCc2cccc(OC)c2)cn1. The van der Waals surface area contributed by atoms with Gasteiger partial charge in [0, 0.05) is 19.6 Å². The average Bonchev–Trinajstić information content (AvgIpc) is 2.63. The molecule has 1 amide bonds. The minimum Gasteiger partial charge on any atom is -0.497 e. The molecule has 0 saturated carbocycles. The number of ether oxygens (including phenoxy) is 1. The fraction of sp³-hybridized carbons (Fsp3) is 0.389. The van der Waals surface area contributed by atoms with Gasteiger partial charge in [-0.3, -0.25) is 4.79 Å². The van der Waals surface area contributed by atoms with E-state index in [-0.39, 0.29) is 5.91 Å². The highest BCUT2D eigenvalue weighted by atomic mass is 16.5. The molecule has 6 nitrogen and oxygen atoms in total. The van der Waals surface area contributed by atoms with Gasteiger partial charge in [-0.15, -0.1) is 0 Å². The molecule has 0 bridgehead atoms. The van der Waals surface area contributed by atoms with E-state index >= 15 is 0 Å². The number of nitrogens with one attached hydrogen (secondary N) is 1. The first kappa shape index (κ1) is 17.7. The van der Waals surface area contributed by atoms with E-state index < -0.39 is 0 Å². The van der Waals surface area contributed by atoms with Gasteiger partial charge < -0.3 is 15.0 Å². The Morgan fingerprint density at radius 2 is 2.00 bits per heavy atom. The maximum absolute atomic E-state index is 12.2. The summed E-state index contributed by atoms with van der Waals surface area (Å²) >= 11 is 0. The molecule has 1 aromatic carbocycles. The van der Waals surface area contributed by atoms with Crippen LogP contribution in [0, 0.1) is 0 Å². The van der Waals surface area contributed by atoms with E-state index in [0.717, 1.165) is 18.7 Å². The van der Waals surface area contributed by atoms with Crippen molar-refractivity contribution >= 4 is 11.7 Å². The van der Waals surface area contributed by atoms with E-state index in [9.17, 15) is 4.79 Å². The molecule has 0 fully saturated rings. The zero-order chi connectivity index (χ0) is 17.4. The molecule has 1 aromatic heterocycles. The number of carbonyl (C=O) groups excluding carboxylic acids is 1. The largest absolute Gasteiger partial charge is 0.497 e. The Balaban J connectivity index is 1.88. The first-order valence-corrected chi connectivity index (χ1v) is 8.16. The minimum atomic E-state index is -0.0876. The molecule has 2 rings (SSSR count). The van der Waals surface area contributed by atoms with Gasteiger partial charge >= 0.3 is 0 Å². The van der Waals surface area contributed by atoms with Crippen LogP contribution in [0.1, 0.15) is 29.9 Å². The lowest BCUT2D eigenvalue weighted by molar-refractivity contribution is 0.0766. The Labute approximate surface area is 142 Å². The van der Waals surface area contributed by atoms with Crippen molar-refractivity contribution in [2.45, 2.75) is 20.3 Å². The van der Waals surface area contributed by atoms with Gasteiger partial charge in [-0.1, -0.05) is 12.1 Å². The summed E-state index contributed by atoms with van der Waals surface area (Å²) in [6.45, 7) is 5.95. The summed E-state index contributed by atoms with van der Waals surface area (Å²) in [7, 11) is 1.66. The van der Waals surface area contributed by atoms with Crippen LogP contribution in [-0.4, -0.2) is 47.5 Å². The van der Waals surface area contributed by atoms with E-state index in [4.69, 9.17) is 4.74 Å². The number of hydrogen-bond acceptors (Lipinski definition) is 5. The monoisotopic (exact) mass is 328 g/mol. The van der Waals surface area contributed by atoms with Crippen LogP contribution in [0.15, 0.2) is 36.7 Å². The van der Waals surface area contributed by atoms with Crippen molar-refractivity contribution in [2.75, 3.05) is 32.1 Å². The van der Waals surface area contributed by atoms with Crippen LogP contribution < -0.4 is 10.1 Å². The van der Waals surface area contributed by atoms with Gasteiger partial charge in [0.1, 0.15) is 17.3 Å². The third kappa shape index (κ3) is 4.68. The molecule has 0 radical (unpaired) electrons. The third-order valence-corrected chi connectivity index (χ3v) is 3.78. The van der Waals surface area contributed by atoms with Crippen LogP contribution in [0.5, 0.6) is 5.75 Å². The van der Waals surface area contributed by atoms with Crippen molar-refractivity contribution < 1.29 is 9.53 Å². The third-order valence-electron chi connectivity index (χ3n) is 3.78. The Morgan fingerprint density at radius 1 is 1.21 bits per heavy atom. The van der Waals surface area contributed by atoms with Gasteiger partial charge in [0.15, 0.2) is 0 Å². The molecular weight excluding hydrogens is 304 g/mol. The second-order valence-electron chi connectivity index (χ2n) is 5.29. The average molecular weight is 328 g/mol. The summed E-state index contributed by atoms with van der Waals surface area (Å²) in [5.41, 5.74) is 1.56. The van der Waals surface area contributed by atoms with Gasteiger partial charge in [-0.05, 0) is 38.0 Å². The van der Waals surface area contributed by atoms with Gasteiger partial charge in [-0.2, -0.15) is 0 Å². The fourth-order valence-electron chi connectivity index (χ4n) is 2.37. The number of methoxy groups -OCH3 is 1. The fourth-order valence-corrected chi connectivity index (χ4v) is 2.37. The Hall–Kier alpha value is -2.63. The lowest BCUT2D eigenvalue weighted by atomic mass is 10.1. The van der Waals surface area contributed by atoms with E-state index in [1.54, 1.807) is 18.2 Å². The molecule has 0 atom stereocenters. The molecule has 0 saturated heterocycles. The molecule has 0 aliphatic rings. The van der Waals surface area contributed by atoms with Gasteiger partial charge in [0.05, 0.1) is 19.5 Å². The number of nitrogens with zero attached hydrogens (tertiary/aromatic N) is 3. The number of amides is 1. The highest BCUT2D eigenvalue weighted by Gasteiger charge is 2.14. The number of carbonyl (C=O) groups is 1. The van der Waals surface area contributed by atoms with Crippen LogP contribution >= 0.6 is 0 Å². The molecule has 24 heavy (non-hydrogen) atoms.